The monoisotopic (exact) mass is 300 g/mol. The molecule has 1 aliphatic heterocycles. The van der Waals surface area contributed by atoms with Crippen LogP contribution < -0.4 is 5.32 Å². The summed E-state index contributed by atoms with van der Waals surface area (Å²) in [5.41, 5.74) is 0. The van der Waals surface area contributed by atoms with E-state index in [0.717, 1.165) is 0 Å². The van der Waals surface area contributed by atoms with Crippen molar-refractivity contribution in [3.63, 3.8) is 0 Å². The van der Waals surface area contributed by atoms with Crippen molar-refractivity contribution < 1.29 is 14.4 Å². The molecule has 20 heavy (non-hydrogen) atoms. The fourth-order valence-corrected chi connectivity index (χ4v) is 3.33. The van der Waals surface area contributed by atoms with Gasteiger partial charge in [-0.25, -0.2) is 0 Å². The van der Waals surface area contributed by atoms with Gasteiger partial charge in [-0.15, -0.1) is 11.8 Å². The van der Waals surface area contributed by atoms with Crippen LogP contribution in [0.4, 0.5) is 0 Å². The normalized spacial score (nSPS) is 21.1. The SMILES string of the molecule is CC(C)NC(CSC1CC(=O)N(C)C1=O)C(=O)C(C)C. The van der Waals surface area contributed by atoms with E-state index in [1.165, 1.54) is 23.7 Å². The molecule has 2 unspecified atom stereocenters. The Labute approximate surface area is 124 Å². The van der Waals surface area contributed by atoms with Crippen LogP contribution in [0.15, 0.2) is 0 Å². The molecule has 1 N–H and O–H groups in total. The molecular formula is C14H24N2O3S. The van der Waals surface area contributed by atoms with Crippen molar-refractivity contribution in [2.45, 2.75) is 51.4 Å². The van der Waals surface area contributed by atoms with Crippen LogP contribution in [0.25, 0.3) is 0 Å². The molecule has 0 aromatic heterocycles. The van der Waals surface area contributed by atoms with Gasteiger partial charge < -0.3 is 5.32 Å². The summed E-state index contributed by atoms with van der Waals surface area (Å²) in [6.07, 6.45) is 0.240. The van der Waals surface area contributed by atoms with E-state index in [1.807, 2.05) is 27.7 Å². The fourth-order valence-electron chi connectivity index (χ4n) is 2.08. The number of hydrogen-bond donors (Lipinski definition) is 1. The first-order chi connectivity index (χ1) is 9.23. The van der Waals surface area contributed by atoms with E-state index in [1.54, 1.807) is 0 Å². The Hall–Kier alpha value is -0.880. The van der Waals surface area contributed by atoms with E-state index < -0.39 is 0 Å². The predicted molar refractivity (Wildman–Crippen MR) is 80.5 cm³/mol. The molecule has 0 saturated carbocycles. The van der Waals surface area contributed by atoms with E-state index >= 15 is 0 Å². The average molecular weight is 300 g/mol. The number of carbonyl (C=O) groups excluding carboxylic acids is 3. The highest BCUT2D eigenvalue weighted by molar-refractivity contribution is 8.00. The van der Waals surface area contributed by atoms with Crippen LogP contribution in [0.2, 0.25) is 0 Å². The Morgan fingerprint density at radius 2 is 1.95 bits per heavy atom. The highest BCUT2D eigenvalue weighted by Crippen LogP contribution is 2.25. The second-order valence-electron chi connectivity index (χ2n) is 5.75. The lowest BCUT2D eigenvalue weighted by Crippen LogP contribution is -2.45. The number of Topliss-reactive ketones (excluding diaryl/α,β-unsaturated/α-hetero) is 1. The molecule has 1 heterocycles. The van der Waals surface area contributed by atoms with E-state index in [-0.39, 0.29) is 47.3 Å². The lowest BCUT2D eigenvalue weighted by atomic mass is 10.0. The maximum atomic E-state index is 12.2. The van der Waals surface area contributed by atoms with Crippen LogP contribution in [0.5, 0.6) is 0 Å². The number of carbonyl (C=O) groups is 3. The van der Waals surface area contributed by atoms with Crippen LogP contribution in [-0.4, -0.2) is 52.6 Å². The van der Waals surface area contributed by atoms with E-state index in [2.05, 4.69) is 5.32 Å². The van der Waals surface area contributed by atoms with Gasteiger partial charge in [0.2, 0.25) is 11.8 Å². The molecule has 0 bridgehead atoms. The molecule has 2 amide bonds. The summed E-state index contributed by atoms with van der Waals surface area (Å²) in [5, 5.41) is 2.90. The first-order valence-electron chi connectivity index (χ1n) is 6.95. The number of amides is 2. The van der Waals surface area contributed by atoms with Crippen LogP contribution in [0, 0.1) is 5.92 Å². The van der Waals surface area contributed by atoms with Crippen molar-refractivity contribution in [3.05, 3.63) is 0 Å². The minimum atomic E-state index is -0.344. The predicted octanol–water partition coefficient (Wildman–Crippen LogP) is 1.07. The van der Waals surface area contributed by atoms with Crippen molar-refractivity contribution in [3.8, 4) is 0 Å². The molecule has 1 fully saturated rings. The molecule has 0 aromatic rings. The third kappa shape index (κ3) is 4.31. The summed E-state index contributed by atoms with van der Waals surface area (Å²) in [6.45, 7) is 7.73. The summed E-state index contributed by atoms with van der Waals surface area (Å²) >= 11 is 1.40. The van der Waals surface area contributed by atoms with Crippen molar-refractivity contribution in [2.75, 3.05) is 12.8 Å². The van der Waals surface area contributed by atoms with E-state index in [0.29, 0.717) is 5.75 Å². The Bertz CT molecular complexity index is 396. The van der Waals surface area contributed by atoms with Gasteiger partial charge in [0.05, 0.1) is 11.3 Å². The zero-order valence-electron chi connectivity index (χ0n) is 12.8. The molecule has 0 spiro atoms. The molecule has 5 nitrogen and oxygen atoms in total. The number of nitrogens with one attached hydrogen (secondary N) is 1. The number of likely N-dealkylation sites (tertiary alicyclic amines) is 1. The van der Waals surface area contributed by atoms with Gasteiger partial charge >= 0.3 is 0 Å². The van der Waals surface area contributed by atoms with Crippen molar-refractivity contribution in [2.24, 2.45) is 5.92 Å². The lowest BCUT2D eigenvalue weighted by Gasteiger charge is -2.22. The second-order valence-corrected chi connectivity index (χ2v) is 6.98. The van der Waals surface area contributed by atoms with Gasteiger partial charge in [0.15, 0.2) is 5.78 Å². The van der Waals surface area contributed by atoms with Gasteiger partial charge in [-0.05, 0) is 0 Å². The largest absolute Gasteiger partial charge is 0.305 e. The number of imide groups is 1. The summed E-state index contributed by atoms with van der Waals surface area (Å²) in [4.78, 5) is 36.6. The Morgan fingerprint density at radius 1 is 1.35 bits per heavy atom. The van der Waals surface area contributed by atoms with Crippen LogP contribution in [0.3, 0.4) is 0 Å². The summed E-state index contributed by atoms with van der Waals surface area (Å²) in [5.74, 6) is 0.329. The third-order valence-corrected chi connectivity index (χ3v) is 4.55. The number of hydrogen-bond acceptors (Lipinski definition) is 5. The zero-order chi connectivity index (χ0) is 15.4. The first-order valence-corrected chi connectivity index (χ1v) is 8.00. The topological polar surface area (TPSA) is 66.5 Å². The highest BCUT2D eigenvalue weighted by atomic mass is 32.2. The molecule has 2 atom stereocenters. The lowest BCUT2D eigenvalue weighted by molar-refractivity contribution is -0.136. The Kier molecular flexibility index (Phi) is 6.20. The minimum Gasteiger partial charge on any atom is -0.305 e. The summed E-state index contributed by atoms with van der Waals surface area (Å²) in [6, 6.07) is -0.0688. The van der Waals surface area contributed by atoms with Gasteiger partial charge in [0, 0.05) is 31.2 Å². The van der Waals surface area contributed by atoms with Gasteiger partial charge in [0.1, 0.15) is 0 Å². The Morgan fingerprint density at radius 3 is 2.35 bits per heavy atom. The fraction of sp³-hybridized carbons (Fsp3) is 0.786. The van der Waals surface area contributed by atoms with Crippen molar-refractivity contribution >= 4 is 29.4 Å². The quantitative estimate of drug-likeness (QED) is 0.712. The molecule has 0 aliphatic carbocycles. The van der Waals surface area contributed by atoms with Crippen molar-refractivity contribution in [1.29, 1.82) is 0 Å². The van der Waals surface area contributed by atoms with Gasteiger partial charge in [-0.1, -0.05) is 27.7 Å². The number of ketones is 1. The van der Waals surface area contributed by atoms with Gasteiger partial charge in [-0.3, -0.25) is 19.3 Å². The van der Waals surface area contributed by atoms with E-state index in [4.69, 9.17) is 0 Å². The Balaban J connectivity index is 2.61. The summed E-state index contributed by atoms with van der Waals surface area (Å²) < 4.78 is 0. The number of rotatable bonds is 7. The average Bonchev–Trinajstić information content (AvgIpc) is 2.60. The third-order valence-electron chi connectivity index (χ3n) is 3.25. The van der Waals surface area contributed by atoms with Crippen LogP contribution >= 0.6 is 11.8 Å². The molecular weight excluding hydrogens is 276 g/mol. The summed E-state index contributed by atoms with van der Waals surface area (Å²) in [7, 11) is 1.51. The van der Waals surface area contributed by atoms with Crippen LogP contribution in [-0.2, 0) is 14.4 Å². The molecule has 114 valence electrons. The molecule has 1 saturated heterocycles. The standard InChI is InChI=1S/C14H24N2O3S/c1-8(2)13(18)10(15-9(3)4)7-20-11-6-12(17)16(5)14(11)19/h8-11,15H,6-7H2,1-5H3. The molecule has 1 rings (SSSR count). The zero-order valence-corrected chi connectivity index (χ0v) is 13.6. The minimum absolute atomic E-state index is 0.0459. The molecule has 1 aliphatic rings. The highest BCUT2D eigenvalue weighted by Gasteiger charge is 2.37. The molecule has 0 radical (unpaired) electrons. The van der Waals surface area contributed by atoms with Gasteiger partial charge in [-0.2, -0.15) is 0 Å². The first kappa shape index (κ1) is 17.2. The van der Waals surface area contributed by atoms with Crippen LogP contribution in [0.1, 0.15) is 34.1 Å². The number of thioether (sulfide) groups is 1. The maximum Gasteiger partial charge on any atom is 0.242 e. The smallest absolute Gasteiger partial charge is 0.242 e. The maximum absolute atomic E-state index is 12.2. The van der Waals surface area contributed by atoms with Gasteiger partial charge in [0.25, 0.3) is 0 Å². The van der Waals surface area contributed by atoms with Crippen molar-refractivity contribution in [1.82, 2.24) is 10.2 Å². The molecule has 0 aromatic carbocycles. The molecule has 6 heteroatoms. The van der Waals surface area contributed by atoms with E-state index in [9.17, 15) is 14.4 Å². The second kappa shape index (κ2) is 7.22. The number of nitrogens with zero attached hydrogens (tertiary/aromatic N) is 1.